The summed E-state index contributed by atoms with van der Waals surface area (Å²) < 4.78 is 0. The number of fused-ring (bicyclic) bond motifs is 1. The molecule has 2 saturated heterocycles. The van der Waals surface area contributed by atoms with Gasteiger partial charge in [-0.25, -0.2) is 0 Å². The molecule has 39 heavy (non-hydrogen) atoms. The number of hydrogen-bond acceptors (Lipinski definition) is 7. The highest BCUT2D eigenvalue weighted by Gasteiger charge is 2.26. The topological polar surface area (TPSA) is 74.8 Å². The summed E-state index contributed by atoms with van der Waals surface area (Å²) in [6.45, 7) is 9.41. The number of rotatable bonds is 12. The Morgan fingerprint density at radius 3 is 2.72 bits per heavy atom. The summed E-state index contributed by atoms with van der Waals surface area (Å²) in [6, 6.07) is 7.87. The average molecular weight is 533 g/mol. The van der Waals surface area contributed by atoms with E-state index in [0.29, 0.717) is 6.04 Å². The van der Waals surface area contributed by atoms with E-state index >= 15 is 0 Å². The molecule has 3 aliphatic rings. The Bertz CT molecular complexity index is 1090. The van der Waals surface area contributed by atoms with Crippen molar-refractivity contribution in [3.05, 3.63) is 54.5 Å². The Hall–Kier alpha value is -2.84. The van der Waals surface area contributed by atoms with Crippen LogP contribution in [0.4, 0.5) is 0 Å². The van der Waals surface area contributed by atoms with Gasteiger partial charge < -0.3 is 20.5 Å². The van der Waals surface area contributed by atoms with E-state index in [1.54, 1.807) is 0 Å². The van der Waals surface area contributed by atoms with Gasteiger partial charge in [-0.2, -0.15) is 10.2 Å². The fourth-order valence-corrected chi connectivity index (χ4v) is 6.12. The summed E-state index contributed by atoms with van der Waals surface area (Å²) in [4.78, 5) is 7.65. The highest BCUT2D eigenvalue weighted by Crippen LogP contribution is 2.24. The minimum Gasteiger partial charge on any atom is -0.384 e. The number of aromatic nitrogens is 2. The van der Waals surface area contributed by atoms with Crippen LogP contribution in [0, 0.1) is 5.92 Å². The maximum absolute atomic E-state index is 4.40. The van der Waals surface area contributed by atoms with E-state index in [2.05, 4.69) is 97.5 Å². The Labute approximate surface area is 234 Å². The third-order valence-corrected chi connectivity index (χ3v) is 8.77. The number of nitrogens with zero attached hydrogens (tertiary/aromatic N) is 5. The standard InChI is InChI=1S/C31H48N8/c1-3-4-5-6-7-29(25-8-9-30-27(22-25)24-34-35-30)32-14-10-26-23-33-36-31(26)13-17-38-15-11-28(12-16-38)39-20-18-37(2)19-21-39/h8-10,13-14,17,22-24,26,28-29,31-32,36H,3-7,11-12,15-16,18-21H2,1-2H3,(H,34,35)/b14-10+,17-13+. The maximum Gasteiger partial charge on any atom is 0.0750 e. The van der Waals surface area contributed by atoms with Gasteiger partial charge in [0.15, 0.2) is 0 Å². The van der Waals surface area contributed by atoms with Crippen LogP contribution in [0.1, 0.15) is 63.5 Å². The number of aromatic amines is 1. The maximum atomic E-state index is 4.40. The molecule has 212 valence electrons. The molecule has 5 rings (SSSR count). The highest BCUT2D eigenvalue weighted by molar-refractivity contribution is 5.78. The predicted molar refractivity (Wildman–Crippen MR) is 162 cm³/mol. The van der Waals surface area contributed by atoms with Crippen molar-refractivity contribution in [2.45, 2.75) is 70.0 Å². The third kappa shape index (κ3) is 7.63. The SMILES string of the molecule is CCCCCCC(N/C=C/C1C=NNC1/C=C/N1CCC(N2CCN(C)CC2)CC1)c1ccc2[nH]ncc2c1. The molecular weight excluding hydrogens is 484 g/mol. The molecule has 0 radical (unpaired) electrons. The van der Waals surface area contributed by atoms with E-state index in [1.165, 1.54) is 75.7 Å². The van der Waals surface area contributed by atoms with E-state index in [-0.39, 0.29) is 12.0 Å². The second-order valence-electron chi connectivity index (χ2n) is 11.6. The van der Waals surface area contributed by atoms with Gasteiger partial charge in [0.05, 0.1) is 23.8 Å². The number of nitrogens with one attached hydrogen (secondary N) is 3. The van der Waals surface area contributed by atoms with Crippen molar-refractivity contribution in [3.8, 4) is 0 Å². The van der Waals surface area contributed by atoms with Crippen LogP contribution in [0.2, 0.25) is 0 Å². The smallest absolute Gasteiger partial charge is 0.0750 e. The first-order valence-corrected chi connectivity index (χ1v) is 15.2. The molecule has 3 N–H and O–H groups in total. The number of piperidine rings is 1. The summed E-state index contributed by atoms with van der Waals surface area (Å²) in [5, 5.41) is 16.5. The Kier molecular flexibility index (Phi) is 9.94. The molecule has 4 heterocycles. The molecule has 3 unspecified atom stereocenters. The number of likely N-dealkylation sites (N-methyl/N-ethyl adjacent to an activating group) is 1. The van der Waals surface area contributed by atoms with E-state index in [1.807, 2.05) is 12.4 Å². The number of piperazine rings is 1. The van der Waals surface area contributed by atoms with Gasteiger partial charge in [-0.15, -0.1) is 0 Å². The first kappa shape index (κ1) is 27.7. The van der Waals surface area contributed by atoms with E-state index in [9.17, 15) is 0 Å². The zero-order chi connectivity index (χ0) is 26.9. The van der Waals surface area contributed by atoms with Crippen molar-refractivity contribution < 1.29 is 0 Å². The Morgan fingerprint density at radius 2 is 1.90 bits per heavy atom. The quantitative estimate of drug-likeness (QED) is 0.350. The van der Waals surface area contributed by atoms with Crippen LogP contribution in [-0.4, -0.2) is 89.5 Å². The van der Waals surface area contributed by atoms with Crippen LogP contribution in [0.25, 0.3) is 10.9 Å². The number of likely N-dealkylation sites (tertiary alicyclic amines) is 1. The largest absolute Gasteiger partial charge is 0.384 e. The number of H-pyrrole nitrogens is 1. The molecule has 2 fully saturated rings. The summed E-state index contributed by atoms with van der Waals surface area (Å²) in [5.41, 5.74) is 5.71. The fraction of sp³-hybridized carbons (Fsp3) is 0.613. The van der Waals surface area contributed by atoms with E-state index < -0.39 is 0 Å². The Morgan fingerprint density at radius 1 is 1.05 bits per heavy atom. The molecule has 3 atom stereocenters. The van der Waals surface area contributed by atoms with Gasteiger partial charge in [0.2, 0.25) is 0 Å². The lowest BCUT2D eigenvalue weighted by atomic mass is 9.98. The molecule has 0 spiro atoms. The molecule has 0 amide bonds. The number of benzene rings is 1. The summed E-state index contributed by atoms with van der Waals surface area (Å²) >= 11 is 0. The normalized spacial score (nSPS) is 24.3. The molecule has 8 nitrogen and oxygen atoms in total. The van der Waals surface area contributed by atoms with Crippen molar-refractivity contribution in [2.75, 3.05) is 46.3 Å². The molecule has 1 aromatic heterocycles. The van der Waals surface area contributed by atoms with Crippen molar-refractivity contribution in [1.82, 2.24) is 35.6 Å². The van der Waals surface area contributed by atoms with Gasteiger partial charge >= 0.3 is 0 Å². The van der Waals surface area contributed by atoms with Gasteiger partial charge in [-0.3, -0.25) is 10.00 Å². The fourth-order valence-electron chi connectivity index (χ4n) is 6.12. The van der Waals surface area contributed by atoms with Gasteiger partial charge in [0, 0.05) is 62.8 Å². The molecule has 0 aliphatic carbocycles. The van der Waals surface area contributed by atoms with Gasteiger partial charge in [0.1, 0.15) is 0 Å². The second kappa shape index (κ2) is 14.0. The van der Waals surface area contributed by atoms with Crippen molar-refractivity contribution in [2.24, 2.45) is 11.0 Å². The summed E-state index contributed by atoms with van der Waals surface area (Å²) in [5.74, 6) is 0.244. The van der Waals surface area contributed by atoms with Crippen molar-refractivity contribution in [3.63, 3.8) is 0 Å². The van der Waals surface area contributed by atoms with Crippen LogP contribution in [0.15, 0.2) is 54.0 Å². The van der Waals surface area contributed by atoms with Gasteiger partial charge in [-0.1, -0.05) is 44.7 Å². The Balaban J connectivity index is 1.12. The predicted octanol–water partition coefficient (Wildman–Crippen LogP) is 4.48. The molecule has 2 aromatic rings. The number of hydrogen-bond donors (Lipinski definition) is 3. The monoisotopic (exact) mass is 532 g/mol. The average Bonchev–Trinajstić information content (AvgIpc) is 3.63. The first-order chi connectivity index (χ1) is 19.2. The molecule has 0 bridgehead atoms. The molecule has 8 heteroatoms. The number of unbranched alkanes of at least 4 members (excludes halogenated alkanes) is 3. The molecule has 0 saturated carbocycles. The lowest BCUT2D eigenvalue weighted by Crippen LogP contribution is -2.51. The van der Waals surface area contributed by atoms with Crippen LogP contribution in [0.5, 0.6) is 0 Å². The summed E-state index contributed by atoms with van der Waals surface area (Å²) in [7, 11) is 2.23. The number of hydrazone groups is 1. The zero-order valence-electron chi connectivity index (χ0n) is 23.9. The zero-order valence-corrected chi connectivity index (χ0v) is 23.9. The second-order valence-corrected chi connectivity index (χ2v) is 11.6. The first-order valence-electron chi connectivity index (χ1n) is 15.2. The minimum atomic E-state index is 0.198. The highest BCUT2D eigenvalue weighted by atomic mass is 15.3. The van der Waals surface area contributed by atoms with Crippen LogP contribution < -0.4 is 10.7 Å². The van der Waals surface area contributed by atoms with E-state index in [4.69, 9.17) is 0 Å². The lowest BCUT2D eigenvalue weighted by Gasteiger charge is -2.42. The third-order valence-electron chi connectivity index (χ3n) is 8.77. The molecule has 1 aromatic carbocycles. The van der Waals surface area contributed by atoms with Crippen LogP contribution in [-0.2, 0) is 0 Å². The van der Waals surface area contributed by atoms with Crippen LogP contribution >= 0.6 is 0 Å². The molecular formula is C31H48N8. The van der Waals surface area contributed by atoms with E-state index in [0.717, 1.165) is 31.1 Å². The lowest BCUT2D eigenvalue weighted by molar-refractivity contribution is 0.0782. The van der Waals surface area contributed by atoms with Gasteiger partial charge in [-0.05, 0) is 62.5 Å². The van der Waals surface area contributed by atoms with Crippen LogP contribution in [0.3, 0.4) is 0 Å². The minimum absolute atomic E-state index is 0.198. The van der Waals surface area contributed by atoms with Gasteiger partial charge in [0.25, 0.3) is 0 Å². The van der Waals surface area contributed by atoms with Crippen molar-refractivity contribution in [1.29, 1.82) is 0 Å². The molecule has 3 aliphatic heterocycles. The van der Waals surface area contributed by atoms with Crippen molar-refractivity contribution >= 4 is 17.1 Å². The summed E-state index contributed by atoms with van der Waals surface area (Å²) in [6.07, 6.45) is 21.7.